The average molecular weight is 287 g/mol. The molecule has 0 aromatic heterocycles. The highest BCUT2D eigenvalue weighted by Gasteiger charge is 2.13. The number of alkyl halides is 2. The van der Waals surface area contributed by atoms with E-state index in [-0.39, 0.29) is 11.8 Å². The van der Waals surface area contributed by atoms with Crippen molar-refractivity contribution >= 4 is 0 Å². The van der Waals surface area contributed by atoms with Crippen LogP contribution in [0.4, 0.5) is 8.78 Å². The second kappa shape index (κ2) is 9.66. The molecule has 0 saturated heterocycles. The van der Waals surface area contributed by atoms with Crippen LogP contribution in [0.2, 0.25) is 0 Å². The van der Waals surface area contributed by atoms with Gasteiger partial charge < -0.3 is 14.8 Å². The van der Waals surface area contributed by atoms with E-state index in [4.69, 9.17) is 4.74 Å². The maximum absolute atomic E-state index is 12.2. The van der Waals surface area contributed by atoms with Gasteiger partial charge in [-0.2, -0.15) is 8.78 Å². The van der Waals surface area contributed by atoms with Crippen LogP contribution in [0.15, 0.2) is 24.3 Å². The van der Waals surface area contributed by atoms with E-state index >= 15 is 0 Å². The number of rotatable bonds is 10. The molecule has 20 heavy (non-hydrogen) atoms. The Morgan fingerprint density at radius 3 is 2.65 bits per heavy atom. The Hall–Kier alpha value is -1.20. The minimum absolute atomic E-state index is 0.0114. The van der Waals surface area contributed by atoms with Gasteiger partial charge >= 0.3 is 6.61 Å². The molecule has 0 aliphatic carbocycles. The van der Waals surface area contributed by atoms with Crippen LogP contribution < -0.4 is 10.1 Å². The topological polar surface area (TPSA) is 30.5 Å². The molecule has 0 heterocycles. The van der Waals surface area contributed by atoms with E-state index in [0.29, 0.717) is 13.2 Å². The predicted molar refractivity (Wildman–Crippen MR) is 75.2 cm³/mol. The van der Waals surface area contributed by atoms with Gasteiger partial charge in [0.15, 0.2) is 0 Å². The molecule has 0 bridgehead atoms. The molecule has 5 heteroatoms. The first-order chi connectivity index (χ1) is 9.67. The second-order valence-electron chi connectivity index (χ2n) is 4.53. The van der Waals surface area contributed by atoms with Gasteiger partial charge in [0.2, 0.25) is 0 Å². The molecule has 0 aliphatic heterocycles. The third-order valence-electron chi connectivity index (χ3n) is 2.76. The van der Waals surface area contributed by atoms with Crippen molar-refractivity contribution in [3.8, 4) is 5.75 Å². The Morgan fingerprint density at radius 2 is 2.00 bits per heavy atom. The zero-order valence-corrected chi connectivity index (χ0v) is 12.1. The zero-order valence-electron chi connectivity index (χ0n) is 12.1. The molecule has 114 valence electrons. The molecule has 3 nitrogen and oxygen atoms in total. The maximum Gasteiger partial charge on any atom is 0.387 e. The lowest BCUT2D eigenvalue weighted by molar-refractivity contribution is -0.0499. The van der Waals surface area contributed by atoms with Crippen molar-refractivity contribution in [3.05, 3.63) is 29.8 Å². The lowest BCUT2D eigenvalue weighted by atomic mass is 10.1. The molecule has 1 N–H and O–H groups in total. The summed E-state index contributed by atoms with van der Waals surface area (Å²) in [5.74, 6) is 0.177. The third kappa shape index (κ3) is 6.30. The minimum Gasteiger partial charge on any atom is -0.435 e. The van der Waals surface area contributed by atoms with Gasteiger partial charge in [-0.05, 0) is 37.1 Å². The average Bonchev–Trinajstić information content (AvgIpc) is 2.42. The summed E-state index contributed by atoms with van der Waals surface area (Å²) in [7, 11) is 0. The summed E-state index contributed by atoms with van der Waals surface area (Å²) in [6.45, 7) is 3.38. The van der Waals surface area contributed by atoms with E-state index in [2.05, 4.69) is 17.0 Å². The van der Waals surface area contributed by atoms with Gasteiger partial charge in [-0.3, -0.25) is 0 Å². The summed E-state index contributed by atoms with van der Waals surface area (Å²) in [4.78, 5) is 0. The van der Waals surface area contributed by atoms with Crippen LogP contribution in [0.3, 0.4) is 0 Å². The summed E-state index contributed by atoms with van der Waals surface area (Å²) in [6, 6.07) is 6.76. The van der Waals surface area contributed by atoms with Crippen molar-refractivity contribution in [1.29, 1.82) is 0 Å². The van der Waals surface area contributed by atoms with Crippen LogP contribution in [0.25, 0.3) is 0 Å². The lowest BCUT2D eigenvalue weighted by Crippen LogP contribution is -2.26. The van der Waals surface area contributed by atoms with Crippen LogP contribution in [-0.4, -0.2) is 26.4 Å². The van der Waals surface area contributed by atoms with Gasteiger partial charge in [0, 0.05) is 6.61 Å². The van der Waals surface area contributed by atoms with Crippen molar-refractivity contribution in [2.75, 3.05) is 19.8 Å². The second-order valence-corrected chi connectivity index (χ2v) is 4.53. The molecular formula is C15H23F2NO2. The van der Waals surface area contributed by atoms with Crippen molar-refractivity contribution in [2.24, 2.45) is 0 Å². The van der Waals surface area contributed by atoms with E-state index in [0.717, 1.165) is 24.9 Å². The van der Waals surface area contributed by atoms with Gasteiger partial charge in [-0.25, -0.2) is 0 Å². The summed E-state index contributed by atoms with van der Waals surface area (Å²) >= 11 is 0. The SMILES string of the molecule is CCCNC(COCCC)c1cccc(OC(F)F)c1. The highest BCUT2D eigenvalue weighted by Crippen LogP contribution is 2.21. The first-order valence-corrected chi connectivity index (χ1v) is 7.03. The molecule has 1 atom stereocenters. The monoisotopic (exact) mass is 287 g/mol. The molecule has 0 fully saturated rings. The molecular weight excluding hydrogens is 264 g/mol. The minimum atomic E-state index is -2.80. The maximum atomic E-state index is 12.2. The fourth-order valence-electron chi connectivity index (χ4n) is 1.84. The molecule has 1 aromatic rings. The molecule has 0 radical (unpaired) electrons. The lowest BCUT2D eigenvalue weighted by Gasteiger charge is -2.19. The predicted octanol–water partition coefficient (Wildman–Crippen LogP) is 3.76. The Bertz CT molecular complexity index is 375. The van der Waals surface area contributed by atoms with E-state index < -0.39 is 6.61 Å². The van der Waals surface area contributed by atoms with E-state index in [1.165, 1.54) is 6.07 Å². The number of nitrogens with one attached hydrogen (secondary N) is 1. The number of ether oxygens (including phenoxy) is 2. The Balaban J connectivity index is 2.71. The van der Waals surface area contributed by atoms with Crippen LogP contribution >= 0.6 is 0 Å². The van der Waals surface area contributed by atoms with Crippen LogP contribution in [0.5, 0.6) is 5.75 Å². The molecule has 0 aliphatic rings. The normalized spacial score (nSPS) is 12.7. The smallest absolute Gasteiger partial charge is 0.387 e. The van der Waals surface area contributed by atoms with E-state index in [1.807, 2.05) is 13.0 Å². The third-order valence-corrected chi connectivity index (χ3v) is 2.76. The molecule has 0 saturated carbocycles. The Kier molecular flexibility index (Phi) is 8.14. The van der Waals surface area contributed by atoms with Crippen molar-refractivity contribution in [2.45, 2.75) is 39.3 Å². The van der Waals surface area contributed by atoms with Crippen LogP contribution in [0, 0.1) is 0 Å². The highest BCUT2D eigenvalue weighted by atomic mass is 19.3. The largest absolute Gasteiger partial charge is 0.435 e. The molecule has 0 amide bonds. The van der Waals surface area contributed by atoms with Gasteiger partial charge in [0.05, 0.1) is 12.6 Å². The fraction of sp³-hybridized carbons (Fsp3) is 0.600. The summed E-state index contributed by atoms with van der Waals surface area (Å²) in [6.07, 6.45) is 1.95. The molecule has 1 unspecified atom stereocenters. The Morgan fingerprint density at radius 1 is 1.20 bits per heavy atom. The van der Waals surface area contributed by atoms with E-state index in [9.17, 15) is 8.78 Å². The van der Waals surface area contributed by atoms with Crippen molar-refractivity contribution < 1.29 is 18.3 Å². The standard InChI is InChI=1S/C15H23F2NO2/c1-3-8-18-14(11-19-9-4-2)12-6-5-7-13(10-12)20-15(16)17/h5-7,10,14-15,18H,3-4,8-9,11H2,1-2H3. The first kappa shape index (κ1) is 16.9. The van der Waals surface area contributed by atoms with Gasteiger partial charge in [-0.1, -0.05) is 26.0 Å². The fourth-order valence-corrected chi connectivity index (χ4v) is 1.84. The molecule has 1 rings (SSSR count). The van der Waals surface area contributed by atoms with Gasteiger partial charge in [-0.15, -0.1) is 0 Å². The highest BCUT2D eigenvalue weighted by molar-refractivity contribution is 5.30. The molecule has 0 spiro atoms. The van der Waals surface area contributed by atoms with Gasteiger partial charge in [0.25, 0.3) is 0 Å². The first-order valence-electron chi connectivity index (χ1n) is 7.03. The van der Waals surface area contributed by atoms with Crippen molar-refractivity contribution in [1.82, 2.24) is 5.32 Å². The number of benzene rings is 1. The summed E-state index contributed by atoms with van der Waals surface area (Å²) in [5.41, 5.74) is 0.896. The Labute approximate surface area is 119 Å². The number of halogens is 2. The quantitative estimate of drug-likeness (QED) is 0.665. The van der Waals surface area contributed by atoms with Crippen LogP contribution in [-0.2, 0) is 4.74 Å². The van der Waals surface area contributed by atoms with Crippen LogP contribution in [0.1, 0.15) is 38.3 Å². The van der Waals surface area contributed by atoms with E-state index in [1.54, 1.807) is 12.1 Å². The number of hydrogen-bond donors (Lipinski definition) is 1. The van der Waals surface area contributed by atoms with Crippen molar-refractivity contribution in [3.63, 3.8) is 0 Å². The number of hydrogen-bond acceptors (Lipinski definition) is 3. The zero-order chi connectivity index (χ0) is 14.8. The summed E-state index contributed by atoms with van der Waals surface area (Å²) < 4.78 is 34.5. The van der Waals surface area contributed by atoms with Gasteiger partial charge in [0.1, 0.15) is 5.75 Å². The summed E-state index contributed by atoms with van der Waals surface area (Å²) in [5, 5.41) is 3.36. The molecule has 1 aromatic carbocycles.